The first kappa shape index (κ1) is 9.90. The Morgan fingerprint density at radius 3 is 2.73 bits per heavy atom. The average molecular weight is 150 g/mol. The Kier molecular flexibility index (Phi) is 4.21. The van der Waals surface area contributed by atoms with Gasteiger partial charge in [-0.1, -0.05) is 20.4 Å². The van der Waals surface area contributed by atoms with E-state index in [4.69, 9.17) is 5.26 Å². The average Bonchev–Trinajstić information content (AvgIpc) is 1.97. The predicted octanol–water partition coefficient (Wildman–Crippen LogP) is 2.53. The van der Waals surface area contributed by atoms with E-state index in [-0.39, 0.29) is 5.41 Å². The fourth-order valence-electron chi connectivity index (χ4n) is 0.697. The van der Waals surface area contributed by atoms with Gasteiger partial charge in [0, 0.05) is 24.3 Å². The number of hydrogen-bond donors (Lipinski definition) is 0. The first-order valence-corrected chi connectivity index (χ1v) is 3.64. The van der Waals surface area contributed by atoms with E-state index < -0.39 is 0 Å². The fraction of sp³-hybridized carbons (Fsp3) is 0.556. The van der Waals surface area contributed by atoms with Crippen LogP contribution in [-0.4, -0.2) is 6.21 Å². The molecule has 60 valence electrons. The third-order valence-electron chi connectivity index (χ3n) is 1.41. The van der Waals surface area contributed by atoms with Gasteiger partial charge in [0.15, 0.2) is 0 Å². The van der Waals surface area contributed by atoms with Crippen LogP contribution in [0.3, 0.4) is 0 Å². The molecule has 0 bridgehead atoms. The lowest BCUT2D eigenvalue weighted by atomic mass is 9.90. The second-order valence-electron chi connectivity index (χ2n) is 3.11. The number of rotatable bonds is 4. The number of nitriles is 1. The van der Waals surface area contributed by atoms with Gasteiger partial charge in [0.1, 0.15) is 0 Å². The molecule has 0 rings (SSSR count). The van der Waals surface area contributed by atoms with E-state index >= 15 is 0 Å². The van der Waals surface area contributed by atoms with Gasteiger partial charge in [-0.15, -0.1) is 0 Å². The van der Waals surface area contributed by atoms with E-state index in [1.54, 1.807) is 0 Å². The summed E-state index contributed by atoms with van der Waals surface area (Å²) < 4.78 is 0. The Morgan fingerprint density at radius 2 is 2.27 bits per heavy atom. The van der Waals surface area contributed by atoms with Crippen molar-refractivity contribution in [3.05, 3.63) is 12.8 Å². The van der Waals surface area contributed by atoms with Crippen LogP contribution in [0.25, 0.3) is 0 Å². The zero-order chi connectivity index (χ0) is 8.74. The summed E-state index contributed by atoms with van der Waals surface area (Å²) in [5, 5.41) is 8.34. The summed E-state index contributed by atoms with van der Waals surface area (Å²) in [4.78, 5) is 3.93. The van der Waals surface area contributed by atoms with Crippen LogP contribution in [-0.2, 0) is 0 Å². The minimum Gasteiger partial charge on any atom is -0.269 e. The van der Waals surface area contributed by atoms with Crippen molar-refractivity contribution in [1.29, 1.82) is 5.26 Å². The van der Waals surface area contributed by atoms with Crippen LogP contribution in [0.4, 0.5) is 0 Å². The van der Waals surface area contributed by atoms with Gasteiger partial charge in [-0.3, -0.25) is 4.99 Å². The van der Waals surface area contributed by atoms with Gasteiger partial charge in [-0.25, -0.2) is 0 Å². The Bertz CT molecular complexity index is 184. The maximum absolute atomic E-state index is 8.34. The zero-order valence-electron chi connectivity index (χ0n) is 7.17. The van der Waals surface area contributed by atoms with Gasteiger partial charge in [0.2, 0.25) is 0 Å². The van der Waals surface area contributed by atoms with Gasteiger partial charge in [-0.2, -0.15) is 5.26 Å². The van der Waals surface area contributed by atoms with Crippen LogP contribution < -0.4 is 0 Å². The molecule has 0 aromatic rings. The first-order chi connectivity index (χ1) is 5.12. The lowest BCUT2D eigenvalue weighted by molar-refractivity contribution is 0.495. The highest BCUT2D eigenvalue weighted by molar-refractivity contribution is 5.65. The van der Waals surface area contributed by atoms with Crippen LogP contribution in [0, 0.1) is 16.7 Å². The highest BCUT2D eigenvalue weighted by atomic mass is 14.7. The summed E-state index contributed by atoms with van der Waals surface area (Å²) in [7, 11) is 0. The normalized spacial score (nSPS) is 11.4. The quantitative estimate of drug-likeness (QED) is 0.567. The second kappa shape index (κ2) is 4.68. The standard InChI is InChI=1S/C9H14N2/c1-4-11-8-9(2,3)6-5-7-10/h4,8H,1,5-6H2,2-3H3. The molecule has 0 aromatic carbocycles. The molecule has 0 aromatic heterocycles. The van der Waals surface area contributed by atoms with Crippen molar-refractivity contribution < 1.29 is 0 Å². The zero-order valence-corrected chi connectivity index (χ0v) is 7.17. The first-order valence-electron chi connectivity index (χ1n) is 3.64. The molecule has 11 heavy (non-hydrogen) atoms. The van der Waals surface area contributed by atoms with Crippen molar-refractivity contribution >= 4 is 6.21 Å². The Labute approximate surface area is 68.3 Å². The topological polar surface area (TPSA) is 36.1 Å². The van der Waals surface area contributed by atoms with Crippen LogP contribution in [0.2, 0.25) is 0 Å². The van der Waals surface area contributed by atoms with Crippen molar-refractivity contribution in [1.82, 2.24) is 0 Å². The minimum absolute atomic E-state index is 0.0178. The molecule has 0 spiro atoms. The molecule has 0 atom stereocenters. The molecular formula is C9H14N2. The van der Waals surface area contributed by atoms with E-state index in [0.717, 1.165) is 6.42 Å². The molecule has 2 nitrogen and oxygen atoms in total. The second-order valence-corrected chi connectivity index (χ2v) is 3.11. The third kappa shape index (κ3) is 5.35. The Balaban J connectivity index is 3.90. The summed E-state index contributed by atoms with van der Waals surface area (Å²) in [6.07, 6.45) is 4.77. The van der Waals surface area contributed by atoms with Gasteiger partial charge in [-0.05, 0) is 6.42 Å². The van der Waals surface area contributed by atoms with Crippen LogP contribution >= 0.6 is 0 Å². The smallest absolute Gasteiger partial charge is 0.0622 e. The van der Waals surface area contributed by atoms with Gasteiger partial charge in [0.25, 0.3) is 0 Å². The lowest BCUT2D eigenvalue weighted by Crippen LogP contribution is -2.12. The maximum atomic E-state index is 8.34. The Morgan fingerprint density at radius 1 is 1.64 bits per heavy atom. The summed E-state index contributed by atoms with van der Waals surface area (Å²) in [5.74, 6) is 0. The van der Waals surface area contributed by atoms with Gasteiger partial charge < -0.3 is 0 Å². The fourth-order valence-corrected chi connectivity index (χ4v) is 0.697. The molecule has 0 saturated heterocycles. The van der Waals surface area contributed by atoms with Crippen molar-refractivity contribution in [2.75, 3.05) is 0 Å². The predicted molar refractivity (Wildman–Crippen MR) is 47.3 cm³/mol. The SMILES string of the molecule is C=CN=CC(C)(C)CCC#N. The molecule has 0 unspecified atom stereocenters. The summed E-state index contributed by atoms with van der Waals surface area (Å²) in [6, 6.07) is 2.11. The lowest BCUT2D eigenvalue weighted by Gasteiger charge is -2.15. The van der Waals surface area contributed by atoms with Crippen LogP contribution in [0.1, 0.15) is 26.7 Å². The molecule has 0 aliphatic carbocycles. The van der Waals surface area contributed by atoms with Crippen LogP contribution in [0.15, 0.2) is 17.8 Å². The van der Waals surface area contributed by atoms with E-state index in [2.05, 4.69) is 31.5 Å². The van der Waals surface area contributed by atoms with E-state index in [1.165, 1.54) is 6.20 Å². The maximum Gasteiger partial charge on any atom is 0.0622 e. The number of hydrogen-bond acceptors (Lipinski definition) is 2. The van der Waals surface area contributed by atoms with Gasteiger partial charge in [0.05, 0.1) is 6.07 Å². The summed E-state index contributed by atoms with van der Waals surface area (Å²) in [5.41, 5.74) is 0.0178. The molecule has 0 saturated carbocycles. The molecule has 0 N–H and O–H groups in total. The molecule has 0 radical (unpaired) electrons. The highest BCUT2D eigenvalue weighted by Gasteiger charge is 2.13. The number of aliphatic imine (C=N–C) groups is 1. The summed E-state index contributed by atoms with van der Waals surface area (Å²) in [6.45, 7) is 7.59. The number of nitrogens with zero attached hydrogens (tertiary/aromatic N) is 2. The highest BCUT2D eigenvalue weighted by Crippen LogP contribution is 2.18. The molecule has 0 fully saturated rings. The van der Waals surface area contributed by atoms with E-state index in [0.29, 0.717) is 6.42 Å². The molecule has 0 aliphatic heterocycles. The largest absolute Gasteiger partial charge is 0.269 e. The molecular weight excluding hydrogens is 136 g/mol. The molecule has 0 amide bonds. The minimum atomic E-state index is 0.0178. The van der Waals surface area contributed by atoms with Crippen molar-refractivity contribution in [3.63, 3.8) is 0 Å². The van der Waals surface area contributed by atoms with Crippen LogP contribution in [0.5, 0.6) is 0 Å². The molecule has 0 aliphatic rings. The van der Waals surface area contributed by atoms with Crippen molar-refractivity contribution in [2.24, 2.45) is 10.4 Å². The van der Waals surface area contributed by atoms with E-state index in [9.17, 15) is 0 Å². The molecule has 2 heteroatoms. The Hall–Kier alpha value is -1.10. The van der Waals surface area contributed by atoms with E-state index in [1.807, 2.05) is 6.21 Å². The van der Waals surface area contributed by atoms with Gasteiger partial charge >= 0.3 is 0 Å². The third-order valence-corrected chi connectivity index (χ3v) is 1.41. The molecule has 0 heterocycles. The van der Waals surface area contributed by atoms with Crippen molar-refractivity contribution in [3.8, 4) is 6.07 Å². The van der Waals surface area contributed by atoms with Crippen molar-refractivity contribution in [2.45, 2.75) is 26.7 Å². The monoisotopic (exact) mass is 150 g/mol. The summed E-state index contributed by atoms with van der Waals surface area (Å²) >= 11 is 0.